The Kier molecular flexibility index (Phi) is 3.33. The number of alkyl halides is 1. The molecule has 0 spiro atoms. The van der Waals surface area contributed by atoms with Crippen molar-refractivity contribution in [2.75, 3.05) is 12.0 Å². The van der Waals surface area contributed by atoms with E-state index in [0.29, 0.717) is 5.95 Å². The molecule has 1 aromatic heterocycles. The van der Waals surface area contributed by atoms with E-state index in [-0.39, 0.29) is 6.04 Å². The first-order valence-corrected chi connectivity index (χ1v) is 5.74. The fraction of sp³-hybridized carbons (Fsp3) is 0.273. The summed E-state index contributed by atoms with van der Waals surface area (Å²) in [5.41, 5.74) is 0.825. The van der Waals surface area contributed by atoms with Gasteiger partial charge in [-0.15, -0.1) is 0 Å². The summed E-state index contributed by atoms with van der Waals surface area (Å²) in [6.07, 6.45) is 1.72. The average molecular weight is 284 g/mol. The molecule has 16 heavy (non-hydrogen) atoms. The van der Waals surface area contributed by atoms with Crippen molar-refractivity contribution in [1.29, 1.82) is 0 Å². The van der Waals surface area contributed by atoms with Gasteiger partial charge < -0.3 is 5.32 Å². The van der Waals surface area contributed by atoms with Crippen molar-refractivity contribution in [3.05, 3.63) is 28.9 Å². The van der Waals surface area contributed by atoms with E-state index in [0.717, 1.165) is 15.4 Å². The van der Waals surface area contributed by atoms with Gasteiger partial charge in [-0.1, -0.05) is 12.1 Å². The molecule has 2 rings (SSSR count). The van der Waals surface area contributed by atoms with Crippen LogP contribution >= 0.6 is 15.9 Å². The normalized spacial score (nSPS) is 12.7. The highest BCUT2D eigenvalue weighted by atomic mass is 79.9. The molecule has 3 nitrogen and oxygen atoms in total. The Morgan fingerprint density at radius 1 is 1.50 bits per heavy atom. The third kappa shape index (κ3) is 2.29. The number of nitrogens with zero attached hydrogens (tertiary/aromatic N) is 2. The second-order valence-electron chi connectivity index (χ2n) is 3.57. The number of hydrogen-bond donors (Lipinski definition) is 1. The lowest BCUT2D eigenvalue weighted by Crippen LogP contribution is -2.18. The van der Waals surface area contributed by atoms with Crippen LogP contribution < -0.4 is 5.32 Å². The molecule has 0 saturated carbocycles. The molecule has 1 N–H and O–H groups in total. The van der Waals surface area contributed by atoms with Crippen LogP contribution in [0.1, 0.15) is 6.92 Å². The Hall–Kier alpha value is -1.23. The van der Waals surface area contributed by atoms with Crippen molar-refractivity contribution in [2.24, 2.45) is 0 Å². The second-order valence-corrected chi connectivity index (χ2v) is 4.43. The predicted molar refractivity (Wildman–Crippen MR) is 66.3 cm³/mol. The van der Waals surface area contributed by atoms with Gasteiger partial charge in [-0.25, -0.2) is 14.4 Å². The van der Waals surface area contributed by atoms with Crippen LogP contribution in [0.15, 0.2) is 28.9 Å². The van der Waals surface area contributed by atoms with Crippen LogP contribution in [0, 0.1) is 0 Å². The maximum Gasteiger partial charge on any atom is 0.223 e. The Balaban J connectivity index is 2.39. The molecule has 84 valence electrons. The van der Waals surface area contributed by atoms with E-state index in [1.165, 1.54) is 0 Å². The third-order valence-corrected chi connectivity index (χ3v) is 2.81. The van der Waals surface area contributed by atoms with Crippen LogP contribution in [0.2, 0.25) is 0 Å². The fourth-order valence-electron chi connectivity index (χ4n) is 1.35. The summed E-state index contributed by atoms with van der Waals surface area (Å²) in [4.78, 5) is 8.45. The highest BCUT2D eigenvalue weighted by Gasteiger charge is 2.05. The first-order valence-electron chi connectivity index (χ1n) is 4.94. The van der Waals surface area contributed by atoms with Crippen LogP contribution in [0.25, 0.3) is 10.9 Å². The summed E-state index contributed by atoms with van der Waals surface area (Å²) in [6, 6.07) is 5.49. The monoisotopic (exact) mass is 283 g/mol. The lowest BCUT2D eigenvalue weighted by molar-refractivity contribution is 0.459. The summed E-state index contributed by atoms with van der Waals surface area (Å²) in [6.45, 7) is 1.30. The predicted octanol–water partition coefficient (Wildman–Crippen LogP) is 3.16. The summed E-state index contributed by atoms with van der Waals surface area (Å²) in [5.74, 6) is 0.449. The molecule has 1 unspecified atom stereocenters. The Morgan fingerprint density at radius 3 is 3.06 bits per heavy atom. The SMILES string of the molecule is CC(CF)Nc1ncc2cccc(Br)c2n1. The first kappa shape index (κ1) is 11.3. The topological polar surface area (TPSA) is 37.8 Å². The zero-order chi connectivity index (χ0) is 11.5. The quantitative estimate of drug-likeness (QED) is 0.940. The number of halogens is 2. The number of aromatic nitrogens is 2. The number of benzene rings is 1. The largest absolute Gasteiger partial charge is 0.349 e. The highest BCUT2D eigenvalue weighted by Crippen LogP contribution is 2.22. The molecule has 0 aliphatic rings. The fourth-order valence-corrected chi connectivity index (χ4v) is 1.82. The average Bonchev–Trinajstić information content (AvgIpc) is 2.30. The molecule has 5 heteroatoms. The molecule has 2 aromatic rings. The molecule has 1 atom stereocenters. The van der Waals surface area contributed by atoms with E-state index in [9.17, 15) is 4.39 Å². The molecule has 1 aromatic carbocycles. The van der Waals surface area contributed by atoms with Crippen LogP contribution in [-0.2, 0) is 0 Å². The van der Waals surface area contributed by atoms with Crippen LogP contribution in [0.3, 0.4) is 0 Å². The maximum absolute atomic E-state index is 12.3. The zero-order valence-electron chi connectivity index (χ0n) is 8.74. The first-order chi connectivity index (χ1) is 7.70. The Bertz CT molecular complexity index is 504. The summed E-state index contributed by atoms with van der Waals surface area (Å²) in [5, 5.41) is 3.84. The Labute approximate surface area is 101 Å². The molecule has 0 amide bonds. The number of hydrogen-bond acceptors (Lipinski definition) is 3. The van der Waals surface area contributed by atoms with E-state index in [1.54, 1.807) is 13.1 Å². The van der Waals surface area contributed by atoms with Gasteiger partial charge in [0.2, 0.25) is 5.95 Å². The standard InChI is InChI=1S/C11H11BrFN3/c1-7(5-13)15-11-14-6-8-3-2-4-9(12)10(8)16-11/h2-4,6-7H,5H2,1H3,(H,14,15,16). The van der Waals surface area contributed by atoms with Gasteiger partial charge in [0.15, 0.2) is 0 Å². The summed E-state index contributed by atoms with van der Waals surface area (Å²) in [7, 11) is 0. The lowest BCUT2D eigenvalue weighted by Gasteiger charge is -2.10. The van der Waals surface area contributed by atoms with E-state index in [1.807, 2.05) is 18.2 Å². The lowest BCUT2D eigenvalue weighted by atomic mass is 10.2. The number of fused-ring (bicyclic) bond motifs is 1. The van der Waals surface area contributed by atoms with Crippen molar-refractivity contribution >= 4 is 32.8 Å². The minimum atomic E-state index is -0.447. The third-order valence-electron chi connectivity index (χ3n) is 2.17. The Morgan fingerprint density at radius 2 is 2.31 bits per heavy atom. The zero-order valence-corrected chi connectivity index (χ0v) is 10.3. The second kappa shape index (κ2) is 4.74. The van der Waals surface area contributed by atoms with Crippen LogP contribution in [0.5, 0.6) is 0 Å². The molecule has 0 bridgehead atoms. The van der Waals surface area contributed by atoms with E-state index in [2.05, 4.69) is 31.2 Å². The van der Waals surface area contributed by atoms with Gasteiger partial charge in [-0.2, -0.15) is 0 Å². The molecular weight excluding hydrogens is 273 g/mol. The maximum atomic E-state index is 12.3. The van der Waals surface area contributed by atoms with Crippen molar-refractivity contribution < 1.29 is 4.39 Å². The number of anilines is 1. The molecule has 0 saturated heterocycles. The van der Waals surface area contributed by atoms with Crippen molar-refractivity contribution in [3.8, 4) is 0 Å². The van der Waals surface area contributed by atoms with E-state index in [4.69, 9.17) is 0 Å². The van der Waals surface area contributed by atoms with Crippen LogP contribution in [-0.4, -0.2) is 22.7 Å². The molecule has 0 aliphatic heterocycles. The highest BCUT2D eigenvalue weighted by molar-refractivity contribution is 9.10. The number of rotatable bonds is 3. The minimum absolute atomic E-state index is 0.278. The molecule has 0 aliphatic carbocycles. The minimum Gasteiger partial charge on any atom is -0.349 e. The van der Waals surface area contributed by atoms with E-state index < -0.39 is 6.67 Å². The van der Waals surface area contributed by atoms with Gasteiger partial charge in [0.05, 0.1) is 11.6 Å². The van der Waals surface area contributed by atoms with Gasteiger partial charge in [-0.05, 0) is 28.9 Å². The summed E-state index contributed by atoms with van der Waals surface area (Å²) >= 11 is 3.42. The molecule has 0 radical (unpaired) electrons. The van der Waals surface area contributed by atoms with Crippen molar-refractivity contribution in [3.63, 3.8) is 0 Å². The molecule has 0 fully saturated rings. The van der Waals surface area contributed by atoms with E-state index >= 15 is 0 Å². The van der Waals surface area contributed by atoms with Crippen molar-refractivity contribution in [1.82, 2.24) is 9.97 Å². The van der Waals surface area contributed by atoms with Gasteiger partial charge >= 0.3 is 0 Å². The van der Waals surface area contributed by atoms with Gasteiger partial charge in [-0.3, -0.25) is 0 Å². The molecular formula is C11H11BrFN3. The molecule has 1 heterocycles. The van der Waals surface area contributed by atoms with Crippen LogP contribution in [0.4, 0.5) is 10.3 Å². The number of nitrogens with one attached hydrogen (secondary N) is 1. The smallest absolute Gasteiger partial charge is 0.223 e. The van der Waals surface area contributed by atoms with Crippen molar-refractivity contribution in [2.45, 2.75) is 13.0 Å². The summed E-state index contributed by atoms with van der Waals surface area (Å²) < 4.78 is 13.2. The number of para-hydroxylation sites is 1. The van der Waals surface area contributed by atoms with Gasteiger partial charge in [0, 0.05) is 16.1 Å². The van der Waals surface area contributed by atoms with Gasteiger partial charge in [0.25, 0.3) is 0 Å². The van der Waals surface area contributed by atoms with Gasteiger partial charge in [0.1, 0.15) is 6.67 Å².